The average Bonchev–Trinajstić information content (AvgIpc) is 2.45. The van der Waals surface area contributed by atoms with Crippen LogP contribution in [-0.4, -0.2) is 40.7 Å². The highest BCUT2D eigenvalue weighted by Gasteiger charge is 2.40. The molecule has 2 N–H and O–H groups in total. The van der Waals surface area contributed by atoms with E-state index in [0.29, 0.717) is 31.7 Å². The lowest BCUT2D eigenvalue weighted by Gasteiger charge is -2.33. The van der Waals surface area contributed by atoms with Crippen molar-refractivity contribution in [2.75, 3.05) is 25.1 Å². The number of rotatable bonds is 5. The Morgan fingerprint density at radius 2 is 2.19 bits per heavy atom. The quantitative estimate of drug-likeness (QED) is 0.626. The monoisotopic (exact) mass is 295 g/mol. The Balaban J connectivity index is 2.19. The molecule has 0 atom stereocenters. The summed E-state index contributed by atoms with van der Waals surface area (Å²) in [7, 11) is 0. The van der Waals surface area contributed by atoms with Gasteiger partial charge in [0, 0.05) is 31.5 Å². The lowest BCUT2D eigenvalue weighted by molar-refractivity contribution is -0.384. The summed E-state index contributed by atoms with van der Waals surface area (Å²) in [5.41, 5.74) is -0.509. The van der Waals surface area contributed by atoms with Crippen molar-refractivity contribution in [3.05, 3.63) is 27.9 Å². The highest BCUT2D eigenvalue weighted by atomic mass is 16.6. The number of anilines is 1. The number of nitro groups is 1. The fraction of sp³-hybridized carbons (Fsp3) is 0.538. The molecule has 0 saturated carbocycles. The molecule has 1 aromatic rings. The maximum absolute atomic E-state index is 11.5. The highest BCUT2D eigenvalue weighted by Crippen LogP contribution is 2.32. The standard InChI is InChI=1S/C13H17N3O5/c1-9-2-3-10(16(19)20)11(15-9)14-8-13(12(17)18)4-6-21-7-5-13/h2-3H,4-8H2,1H3,(H,14,15)(H,17,18). The molecule has 1 saturated heterocycles. The minimum atomic E-state index is -0.975. The number of hydrogen-bond acceptors (Lipinski definition) is 6. The zero-order chi connectivity index (χ0) is 15.5. The van der Waals surface area contributed by atoms with Gasteiger partial charge in [-0.2, -0.15) is 0 Å². The first-order chi connectivity index (χ1) is 9.94. The first-order valence-electron chi connectivity index (χ1n) is 6.62. The number of carboxylic acid groups (broad SMARTS) is 1. The maximum atomic E-state index is 11.5. The van der Waals surface area contributed by atoms with Gasteiger partial charge in [-0.3, -0.25) is 14.9 Å². The highest BCUT2D eigenvalue weighted by molar-refractivity contribution is 5.76. The Morgan fingerprint density at radius 3 is 2.76 bits per heavy atom. The topological polar surface area (TPSA) is 115 Å². The molecule has 0 bridgehead atoms. The predicted molar refractivity (Wildman–Crippen MR) is 74.2 cm³/mol. The van der Waals surface area contributed by atoms with Crippen molar-refractivity contribution >= 4 is 17.5 Å². The van der Waals surface area contributed by atoms with Gasteiger partial charge >= 0.3 is 11.7 Å². The van der Waals surface area contributed by atoms with Crippen LogP contribution in [0.25, 0.3) is 0 Å². The molecule has 8 heteroatoms. The van der Waals surface area contributed by atoms with Gasteiger partial charge in [0.15, 0.2) is 0 Å². The Bertz CT molecular complexity index is 555. The number of aryl methyl sites for hydroxylation is 1. The largest absolute Gasteiger partial charge is 0.481 e. The molecule has 0 unspecified atom stereocenters. The van der Waals surface area contributed by atoms with Gasteiger partial charge in [-0.05, 0) is 25.8 Å². The van der Waals surface area contributed by atoms with Crippen molar-refractivity contribution in [3.8, 4) is 0 Å². The Hall–Kier alpha value is -2.22. The number of carbonyl (C=O) groups is 1. The van der Waals surface area contributed by atoms with Gasteiger partial charge < -0.3 is 15.2 Å². The van der Waals surface area contributed by atoms with E-state index in [-0.39, 0.29) is 18.1 Å². The summed E-state index contributed by atoms with van der Waals surface area (Å²) >= 11 is 0. The van der Waals surface area contributed by atoms with E-state index in [2.05, 4.69) is 10.3 Å². The third-order valence-electron chi connectivity index (χ3n) is 3.71. The molecule has 0 spiro atoms. The molecule has 1 aliphatic heterocycles. The minimum absolute atomic E-state index is 0.0863. The third kappa shape index (κ3) is 3.27. The Kier molecular flexibility index (Phi) is 4.37. The number of pyridine rings is 1. The van der Waals surface area contributed by atoms with Crippen molar-refractivity contribution in [1.82, 2.24) is 4.98 Å². The Morgan fingerprint density at radius 1 is 1.52 bits per heavy atom. The molecule has 21 heavy (non-hydrogen) atoms. The zero-order valence-corrected chi connectivity index (χ0v) is 11.7. The van der Waals surface area contributed by atoms with Crippen LogP contribution in [0, 0.1) is 22.5 Å². The van der Waals surface area contributed by atoms with Gasteiger partial charge in [0.2, 0.25) is 5.82 Å². The molecule has 0 radical (unpaired) electrons. The number of aromatic nitrogens is 1. The zero-order valence-electron chi connectivity index (χ0n) is 11.7. The number of nitrogens with one attached hydrogen (secondary N) is 1. The van der Waals surface area contributed by atoms with Crippen LogP contribution < -0.4 is 5.32 Å². The summed E-state index contributed by atoms with van der Waals surface area (Å²) in [6.07, 6.45) is 0.740. The third-order valence-corrected chi connectivity index (χ3v) is 3.71. The number of nitrogens with zero attached hydrogens (tertiary/aromatic N) is 2. The second-order valence-corrected chi connectivity index (χ2v) is 5.13. The van der Waals surface area contributed by atoms with Crippen molar-refractivity contribution < 1.29 is 19.6 Å². The summed E-state index contributed by atoms with van der Waals surface area (Å²) in [5, 5.41) is 23.3. The second-order valence-electron chi connectivity index (χ2n) is 5.13. The molecule has 0 amide bonds. The summed E-state index contributed by atoms with van der Waals surface area (Å²) < 4.78 is 5.19. The number of ether oxygens (including phenoxy) is 1. The lowest BCUT2D eigenvalue weighted by Crippen LogP contribution is -2.42. The molecular weight excluding hydrogens is 278 g/mol. The van der Waals surface area contributed by atoms with E-state index in [4.69, 9.17) is 4.74 Å². The van der Waals surface area contributed by atoms with Gasteiger partial charge in [0.1, 0.15) is 0 Å². The van der Waals surface area contributed by atoms with Gasteiger partial charge in [-0.15, -0.1) is 0 Å². The first-order valence-corrected chi connectivity index (χ1v) is 6.62. The second kappa shape index (κ2) is 6.04. The summed E-state index contributed by atoms with van der Waals surface area (Å²) in [6.45, 7) is 2.55. The van der Waals surface area contributed by atoms with E-state index in [1.165, 1.54) is 6.07 Å². The van der Waals surface area contributed by atoms with Crippen LogP contribution in [0.2, 0.25) is 0 Å². The van der Waals surface area contributed by atoms with E-state index < -0.39 is 16.3 Å². The molecule has 0 aromatic carbocycles. The van der Waals surface area contributed by atoms with Crippen LogP contribution in [0.15, 0.2) is 12.1 Å². The number of aliphatic carboxylic acids is 1. The van der Waals surface area contributed by atoms with Gasteiger partial charge in [-0.1, -0.05) is 0 Å². The minimum Gasteiger partial charge on any atom is -0.481 e. The first kappa shape index (κ1) is 15.2. The molecule has 1 aliphatic rings. The van der Waals surface area contributed by atoms with Gasteiger partial charge in [0.25, 0.3) is 0 Å². The summed E-state index contributed by atoms with van der Waals surface area (Å²) in [4.78, 5) is 26.1. The van der Waals surface area contributed by atoms with Gasteiger partial charge in [0.05, 0.1) is 10.3 Å². The average molecular weight is 295 g/mol. The van der Waals surface area contributed by atoms with Crippen molar-refractivity contribution in [3.63, 3.8) is 0 Å². The normalized spacial score (nSPS) is 17.2. The van der Waals surface area contributed by atoms with E-state index >= 15 is 0 Å². The molecule has 0 aliphatic carbocycles. The van der Waals surface area contributed by atoms with E-state index in [0.717, 1.165) is 0 Å². The van der Waals surface area contributed by atoms with E-state index in [1.807, 2.05) is 0 Å². The predicted octanol–water partition coefficient (Wildman–Crippen LogP) is 1.59. The van der Waals surface area contributed by atoms with E-state index in [9.17, 15) is 20.0 Å². The summed E-state index contributed by atoms with van der Waals surface area (Å²) in [6, 6.07) is 2.91. The Labute approximate surface area is 121 Å². The molecule has 1 aromatic heterocycles. The fourth-order valence-electron chi connectivity index (χ4n) is 2.31. The molecule has 2 rings (SSSR count). The number of carboxylic acids is 1. The molecule has 2 heterocycles. The van der Waals surface area contributed by atoms with Crippen LogP contribution in [0.4, 0.5) is 11.5 Å². The molecular formula is C13H17N3O5. The molecule has 8 nitrogen and oxygen atoms in total. The van der Waals surface area contributed by atoms with Crippen LogP contribution in [0.3, 0.4) is 0 Å². The smallest absolute Gasteiger partial charge is 0.311 e. The summed E-state index contributed by atoms with van der Waals surface area (Å²) in [5.74, 6) is -0.819. The molecule has 1 fully saturated rings. The van der Waals surface area contributed by atoms with Crippen molar-refractivity contribution in [2.24, 2.45) is 5.41 Å². The maximum Gasteiger partial charge on any atom is 0.311 e. The number of hydrogen-bond donors (Lipinski definition) is 2. The van der Waals surface area contributed by atoms with Crippen LogP contribution in [0.1, 0.15) is 18.5 Å². The lowest BCUT2D eigenvalue weighted by atomic mass is 9.80. The van der Waals surface area contributed by atoms with Gasteiger partial charge in [-0.25, -0.2) is 4.98 Å². The van der Waals surface area contributed by atoms with Crippen LogP contribution in [-0.2, 0) is 9.53 Å². The van der Waals surface area contributed by atoms with E-state index in [1.54, 1.807) is 13.0 Å². The SMILES string of the molecule is Cc1ccc([N+](=O)[O-])c(NCC2(C(=O)O)CCOCC2)n1. The van der Waals surface area contributed by atoms with Crippen LogP contribution in [0.5, 0.6) is 0 Å². The van der Waals surface area contributed by atoms with Crippen molar-refractivity contribution in [1.29, 1.82) is 0 Å². The van der Waals surface area contributed by atoms with Crippen molar-refractivity contribution in [2.45, 2.75) is 19.8 Å². The van der Waals surface area contributed by atoms with Crippen LogP contribution >= 0.6 is 0 Å². The molecule has 114 valence electrons. The fourth-order valence-corrected chi connectivity index (χ4v) is 2.31.